The summed E-state index contributed by atoms with van der Waals surface area (Å²) in [5, 5.41) is 23.8. The molecule has 4 rings (SSSR count). The van der Waals surface area contributed by atoms with Crippen LogP contribution < -0.4 is 10.1 Å². The monoisotopic (exact) mass is 421 g/mol. The molecule has 2 N–H and O–H groups in total. The molecule has 0 radical (unpaired) electrons. The summed E-state index contributed by atoms with van der Waals surface area (Å²) in [6, 6.07) is 10.1. The summed E-state index contributed by atoms with van der Waals surface area (Å²) in [6.07, 6.45) is 3.53. The molecule has 3 aromatic rings. The van der Waals surface area contributed by atoms with Crippen molar-refractivity contribution in [2.45, 2.75) is 32.8 Å². The van der Waals surface area contributed by atoms with Crippen molar-refractivity contribution in [1.29, 1.82) is 5.26 Å². The maximum atomic E-state index is 9.38. The Bertz CT molecular complexity index is 1090. The Morgan fingerprint density at radius 3 is 2.68 bits per heavy atom. The highest BCUT2D eigenvalue weighted by atomic mass is 16.5. The molecule has 1 aliphatic rings. The van der Waals surface area contributed by atoms with E-state index in [4.69, 9.17) is 19.2 Å². The van der Waals surface area contributed by atoms with Crippen molar-refractivity contribution in [1.82, 2.24) is 20.4 Å². The Hall–Kier alpha value is -3.77. The second kappa shape index (κ2) is 10.3. The molecule has 0 unspecified atom stereocenters. The minimum Gasteiger partial charge on any atom is -0.483 e. The summed E-state index contributed by atoms with van der Waals surface area (Å²) >= 11 is 0. The van der Waals surface area contributed by atoms with Gasteiger partial charge < -0.3 is 19.7 Å². The van der Waals surface area contributed by atoms with Crippen LogP contribution in [-0.4, -0.2) is 45.9 Å². The number of pyridine rings is 1. The minimum absolute atomic E-state index is 0.0659. The second-order valence-corrected chi connectivity index (χ2v) is 7.12. The molecule has 31 heavy (non-hydrogen) atoms. The third kappa shape index (κ3) is 5.43. The first kappa shape index (κ1) is 21.9. The number of nitrogens with one attached hydrogen (secondary N) is 1. The standard InChI is InChI=1S/C21H21N5O2.CH2O2/c1-13(2)27-20-17(11-22)10-18(12-24-20)21-25-19(26-28-21)16-4-3-14-5-7-23-8-6-15(14)9-16;2-1-3/h3-4,9-10,12-13,23H,5-8H2,1-2H3;1H,(H,2,3). The fourth-order valence-electron chi connectivity index (χ4n) is 3.24. The van der Waals surface area contributed by atoms with Crippen LogP contribution in [0.25, 0.3) is 22.8 Å². The number of hydrogen-bond acceptors (Lipinski definition) is 8. The van der Waals surface area contributed by atoms with Crippen LogP contribution in [0.1, 0.15) is 30.5 Å². The van der Waals surface area contributed by atoms with Crippen molar-refractivity contribution in [3.63, 3.8) is 0 Å². The maximum absolute atomic E-state index is 9.38. The lowest BCUT2D eigenvalue weighted by atomic mass is 10.00. The van der Waals surface area contributed by atoms with E-state index in [1.165, 1.54) is 11.1 Å². The van der Waals surface area contributed by atoms with Crippen LogP contribution in [0.2, 0.25) is 0 Å². The fourth-order valence-corrected chi connectivity index (χ4v) is 3.24. The predicted molar refractivity (Wildman–Crippen MR) is 112 cm³/mol. The van der Waals surface area contributed by atoms with Crippen LogP contribution in [-0.2, 0) is 17.6 Å². The Kier molecular flexibility index (Phi) is 7.30. The fraction of sp³-hybridized carbons (Fsp3) is 0.318. The highest BCUT2D eigenvalue weighted by Crippen LogP contribution is 2.27. The molecule has 2 aromatic heterocycles. The van der Waals surface area contributed by atoms with Crippen LogP contribution >= 0.6 is 0 Å². The first-order valence-corrected chi connectivity index (χ1v) is 9.87. The van der Waals surface area contributed by atoms with E-state index in [9.17, 15) is 5.26 Å². The summed E-state index contributed by atoms with van der Waals surface area (Å²) in [5.41, 5.74) is 4.52. The van der Waals surface area contributed by atoms with Gasteiger partial charge in [-0.05, 0) is 63.0 Å². The Labute approximate surface area is 179 Å². The SMILES string of the molecule is CC(C)Oc1ncc(-c2nc(-c3ccc4c(c3)CCNCC4)no2)cc1C#N.O=CO. The van der Waals surface area contributed by atoms with Gasteiger partial charge in [0.25, 0.3) is 12.4 Å². The maximum Gasteiger partial charge on any atom is 0.290 e. The Balaban J connectivity index is 0.000000858. The van der Waals surface area contributed by atoms with Gasteiger partial charge in [-0.2, -0.15) is 10.2 Å². The highest BCUT2D eigenvalue weighted by Gasteiger charge is 2.16. The van der Waals surface area contributed by atoms with Gasteiger partial charge in [-0.3, -0.25) is 4.79 Å². The zero-order valence-corrected chi connectivity index (χ0v) is 17.3. The number of benzene rings is 1. The Morgan fingerprint density at radius 1 is 1.23 bits per heavy atom. The normalized spacial score (nSPS) is 12.7. The van der Waals surface area contributed by atoms with Crippen LogP contribution in [0.3, 0.4) is 0 Å². The lowest BCUT2D eigenvalue weighted by molar-refractivity contribution is -0.122. The molecule has 0 fully saturated rings. The van der Waals surface area contributed by atoms with Crippen LogP contribution in [0, 0.1) is 11.3 Å². The first-order valence-electron chi connectivity index (χ1n) is 9.87. The van der Waals surface area contributed by atoms with Crippen molar-refractivity contribution in [2.75, 3.05) is 13.1 Å². The number of carboxylic acid groups (broad SMARTS) is 1. The molecule has 0 aliphatic carbocycles. The van der Waals surface area contributed by atoms with E-state index in [2.05, 4.69) is 38.6 Å². The van der Waals surface area contributed by atoms with Crippen molar-refractivity contribution < 1.29 is 19.2 Å². The van der Waals surface area contributed by atoms with E-state index >= 15 is 0 Å². The number of nitriles is 1. The summed E-state index contributed by atoms with van der Waals surface area (Å²) in [5.74, 6) is 1.16. The third-order valence-electron chi connectivity index (χ3n) is 4.60. The van der Waals surface area contributed by atoms with Gasteiger partial charge >= 0.3 is 0 Å². The molecule has 0 bridgehead atoms. The first-order chi connectivity index (χ1) is 15.0. The third-order valence-corrected chi connectivity index (χ3v) is 4.60. The smallest absolute Gasteiger partial charge is 0.290 e. The van der Waals surface area contributed by atoms with Gasteiger partial charge in [-0.1, -0.05) is 17.3 Å². The number of nitrogens with zero attached hydrogens (tertiary/aromatic N) is 4. The number of ether oxygens (including phenoxy) is 1. The molecule has 3 heterocycles. The number of hydrogen-bond donors (Lipinski definition) is 2. The zero-order valence-electron chi connectivity index (χ0n) is 17.3. The van der Waals surface area contributed by atoms with Gasteiger partial charge in [-0.15, -0.1) is 0 Å². The molecule has 0 spiro atoms. The van der Waals surface area contributed by atoms with Crippen molar-refractivity contribution >= 4 is 6.47 Å². The lowest BCUT2D eigenvalue weighted by Crippen LogP contribution is -2.16. The second-order valence-electron chi connectivity index (χ2n) is 7.12. The molecule has 160 valence electrons. The average molecular weight is 421 g/mol. The summed E-state index contributed by atoms with van der Waals surface area (Å²) < 4.78 is 11.0. The van der Waals surface area contributed by atoms with E-state index in [-0.39, 0.29) is 12.6 Å². The molecule has 1 aromatic carbocycles. The summed E-state index contributed by atoms with van der Waals surface area (Å²) in [6.45, 7) is 5.50. The topological polar surface area (TPSA) is 134 Å². The van der Waals surface area contributed by atoms with Gasteiger partial charge in [-0.25, -0.2) is 4.98 Å². The number of aromatic nitrogens is 3. The molecular formula is C22H23N5O4. The summed E-state index contributed by atoms with van der Waals surface area (Å²) in [4.78, 5) is 17.1. The van der Waals surface area contributed by atoms with Crippen molar-refractivity contribution in [3.05, 3.63) is 47.2 Å². The van der Waals surface area contributed by atoms with E-state index in [1.54, 1.807) is 12.3 Å². The van der Waals surface area contributed by atoms with E-state index in [0.717, 1.165) is 31.5 Å². The number of fused-ring (bicyclic) bond motifs is 1. The highest BCUT2D eigenvalue weighted by molar-refractivity contribution is 5.62. The Morgan fingerprint density at radius 2 is 1.97 bits per heavy atom. The largest absolute Gasteiger partial charge is 0.483 e. The van der Waals surface area contributed by atoms with E-state index in [1.807, 2.05) is 19.9 Å². The zero-order chi connectivity index (χ0) is 22.2. The molecule has 0 amide bonds. The van der Waals surface area contributed by atoms with Gasteiger partial charge in [0.15, 0.2) is 0 Å². The number of rotatable bonds is 4. The molecule has 9 heteroatoms. The number of carbonyl (C=O) groups is 1. The van der Waals surface area contributed by atoms with Gasteiger partial charge in [0.1, 0.15) is 11.6 Å². The average Bonchev–Trinajstić information content (AvgIpc) is 3.13. The lowest BCUT2D eigenvalue weighted by Gasteiger charge is -2.09. The van der Waals surface area contributed by atoms with E-state index in [0.29, 0.717) is 28.7 Å². The molecule has 0 atom stereocenters. The molecule has 0 saturated heterocycles. The molecule has 1 aliphatic heterocycles. The van der Waals surface area contributed by atoms with Crippen LogP contribution in [0.5, 0.6) is 5.88 Å². The molecule has 9 nitrogen and oxygen atoms in total. The summed E-state index contributed by atoms with van der Waals surface area (Å²) in [7, 11) is 0. The van der Waals surface area contributed by atoms with Gasteiger partial charge in [0.05, 0.1) is 11.7 Å². The quantitative estimate of drug-likeness (QED) is 0.610. The van der Waals surface area contributed by atoms with Gasteiger partial charge in [0.2, 0.25) is 11.7 Å². The van der Waals surface area contributed by atoms with Crippen molar-refractivity contribution in [2.24, 2.45) is 0 Å². The molecule has 0 saturated carbocycles. The van der Waals surface area contributed by atoms with Crippen LogP contribution in [0.15, 0.2) is 35.0 Å². The minimum atomic E-state index is -0.250. The van der Waals surface area contributed by atoms with Crippen LogP contribution in [0.4, 0.5) is 0 Å². The van der Waals surface area contributed by atoms with Gasteiger partial charge in [0, 0.05) is 11.8 Å². The molecular weight excluding hydrogens is 398 g/mol. The predicted octanol–water partition coefficient (Wildman–Crippen LogP) is 2.85. The van der Waals surface area contributed by atoms with Crippen molar-refractivity contribution in [3.8, 4) is 34.8 Å². The van der Waals surface area contributed by atoms with E-state index < -0.39 is 0 Å².